The van der Waals surface area contributed by atoms with E-state index in [0.717, 1.165) is 37.1 Å². The van der Waals surface area contributed by atoms with Crippen LogP contribution in [0.3, 0.4) is 0 Å². The molecule has 0 aliphatic carbocycles. The number of rotatable bonds is 3. The van der Waals surface area contributed by atoms with Crippen molar-refractivity contribution in [3.8, 4) is 0 Å². The molecule has 0 unspecified atom stereocenters. The summed E-state index contributed by atoms with van der Waals surface area (Å²) >= 11 is 0. The number of hydrogen-bond donors (Lipinski definition) is 1. The second-order valence-electron chi connectivity index (χ2n) is 8.33. The first-order valence-electron chi connectivity index (χ1n) is 11.0. The molecule has 0 atom stereocenters. The zero-order valence-electron chi connectivity index (χ0n) is 17.5. The first-order valence-corrected chi connectivity index (χ1v) is 11.0. The number of nitrogens with one attached hydrogen (secondary N) is 1. The Labute approximate surface area is 181 Å². The molecular weight excluding hydrogens is 390 g/mol. The molecule has 2 aromatic carbocycles. The Bertz CT molecular complexity index is 1060. The molecule has 0 radical (unpaired) electrons. The molecular formula is C24H27N5O2. The molecule has 2 saturated heterocycles. The highest BCUT2D eigenvalue weighted by molar-refractivity contribution is 6.04. The van der Waals surface area contributed by atoms with Crippen molar-refractivity contribution in [3.05, 3.63) is 60.3 Å². The monoisotopic (exact) mass is 417 g/mol. The van der Waals surface area contributed by atoms with Crippen molar-refractivity contribution in [1.82, 2.24) is 20.0 Å². The number of piperidine rings is 1. The van der Waals surface area contributed by atoms with E-state index in [1.54, 1.807) is 0 Å². The van der Waals surface area contributed by atoms with Gasteiger partial charge in [-0.2, -0.15) is 5.10 Å². The lowest BCUT2D eigenvalue weighted by Crippen LogP contribution is -2.52. The van der Waals surface area contributed by atoms with Crippen LogP contribution in [0.5, 0.6) is 0 Å². The average molecular weight is 418 g/mol. The summed E-state index contributed by atoms with van der Waals surface area (Å²) < 4.78 is 0. The van der Waals surface area contributed by atoms with Gasteiger partial charge in [0.2, 0.25) is 5.91 Å². The molecule has 0 bridgehead atoms. The molecule has 0 spiro atoms. The Morgan fingerprint density at radius 3 is 2.23 bits per heavy atom. The Balaban J connectivity index is 1.15. The number of H-pyrrole nitrogens is 1. The van der Waals surface area contributed by atoms with Gasteiger partial charge in [-0.15, -0.1) is 0 Å². The zero-order valence-corrected chi connectivity index (χ0v) is 17.5. The standard InChI is InChI=1S/C24H27N5O2/c30-23(29-16-14-27(15-17-29)19-6-2-1-3-7-19)18-10-12-28(13-11-18)24(31)22-20-8-4-5-9-21(20)25-26-22/h1-9,18H,10-17H2,(H,25,26). The highest BCUT2D eigenvalue weighted by Gasteiger charge is 2.32. The van der Waals surface area contributed by atoms with Crippen LogP contribution in [0.15, 0.2) is 54.6 Å². The van der Waals surface area contributed by atoms with E-state index in [2.05, 4.69) is 27.2 Å². The predicted octanol–water partition coefficient (Wildman–Crippen LogP) is 2.76. The number of aromatic nitrogens is 2. The highest BCUT2D eigenvalue weighted by Crippen LogP contribution is 2.24. The van der Waals surface area contributed by atoms with Crippen LogP contribution in [0.25, 0.3) is 10.9 Å². The van der Waals surface area contributed by atoms with Gasteiger partial charge in [0.15, 0.2) is 5.69 Å². The number of fused-ring (bicyclic) bond motifs is 1. The van der Waals surface area contributed by atoms with Crippen molar-refractivity contribution < 1.29 is 9.59 Å². The van der Waals surface area contributed by atoms with E-state index in [4.69, 9.17) is 0 Å². The highest BCUT2D eigenvalue weighted by atomic mass is 16.2. The predicted molar refractivity (Wildman–Crippen MR) is 120 cm³/mol. The van der Waals surface area contributed by atoms with Gasteiger partial charge in [0.1, 0.15) is 0 Å². The molecule has 3 aromatic rings. The lowest BCUT2D eigenvalue weighted by atomic mass is 9.94. The first-order chi connectivity index (χ1) is 15.2. The van der Waals surface area contributed by atoms with Gasteiger partial charge in [-0.1, -0.05) is 36.4 Å². The summed E-state index contributed by atoms with van der Waals surface area (Å²) in [7, 11) is 0. The van der Waals surface area contributed by atoms with Gasteiger partial charge >= 0.3 is 0 Å². The number of piperazine rings is 1. The molecule has 31 heavy (non-hydrogen) atoms. The Kier molecular flexibility index (Phi) is 5.32. The van der Waals surface area contributed by atoms with Crippen molar-refractivity contribution in [3.63, 3.8) is 0 Å². The van der Waals surface area contributed by atoms with Crippen LogP contribution >= 0.6 is 0 Å². The second kappa shape index (κ2) is 8.41. The minimum absolute atomic E-state index is 0.00301. The van der Waals surface area contributed by atoms with Gasteiger partial charge in [-0.3, -0.25) is 14.7 Å². The molecule has 2 aliphatic rings. The summed E-state index contributed by atoms with van der Waals surface area (Å²) in [6.45, 7) is 4.43. The third kappa shape index (κ3) is 3.87. The van der Waals surface area contributed by atoms with E-state index >= 15 is 0 Å². The lowest BCUT2D eigenvalue weighted by Gasteiger charge is -2.39. The van der Waals surface area contributed by atoms with Gasteiger partial charge in [-0.25, -0.2) is 0 Å². The number of nitrogens with zero attached hydrogens (tertiary/aromatic N) is 4. The van der Waals surface area contributed by atoms with Crippen molar-refractivity contribution in [2.75, 3.05) is 44.2 Å². The number of carbonyl (C=O) groups excluding carboxylic acids is 2. The fourth-order valence-corrected chi connectivity index (χ4v) is 4.69. The fourth-order valence-electron chi connectivity index (χ4n) is 4.69. The van der Waals surface area contributed by atoms with Crippen LogP contribution in [0.4, 0.5) is 5.69 Å². The number of para-hydroxylation sites is 2. The van der Waals surface area contributed by atoms with E-state index in [1.165, 1.54) is 5.69 Å². The van der Waals surface area contributed by atoms with Crippen LogP contribution in [0.1, 0.15) is 23.3 Å². The SMILES string of the molecule is O=C(c1n[nH]c2ccccc12)N1CCC(C(=O)N2CCN(c3ccccc3)CC2)CC1. The molecule has 2 amide bonds. The molecule has 7 nitrogen and oxygen atoms in total. The van der Waals surface area contributed by atoms with E-state index < -0.39 is 0 Å². The van der Waals surface area contributed by atoms with Crippen LogP contribution in [0.2, 0.25) is 0 Å². The van der Waals surface area contributed by atoms with Crippen molar-refractivity contribution in [2.45, 2.75) is 12.8 Å². The molecule has 1 aromatic heterocycles. The molecule has 2 aliphatic heterocycles. The number of likely N-dealkylation sites (tertiary alicyclic amines) is 1. The van der Waals surface area contributed by atoms with Gasteiger partial charge in [-0.05, 0) is 31.0 Å². The van der Waals surface area contributed by atoms with Gasteiger partial charge in [0.05, 0.1) is 5.52 Å². The van der Waals surface area contributed by atoms with E-state index in [-0.39, 0.29) is 17.7 Å². The fraction of sp³-hybridized carbons (Fsp3) is 0.375. The number of amides is 2. The molecule has 1 N–H and O–H groups in total. The maximum Gasteiger partial charge on any atom is 0.274 e. The average Bonchev–Trinajstić information content (AvgIpc) is 3.28. The summed E-state index contributed by atoms with van der Waals surface area (Å²) in [5.74, 6) is 0.188. The van der Waals surface area contributed by atoms with Crippen molar-refractivity contribution >= 4 is 28.4 Å². The summed E-state index contributed by atoms with van der Waals surface area (Å²) in [6.07, 6.45) is 1.43. The molecule has 7 heteroatoms. The van der Waals surface area contributed by atoms with Crippen molar-refractivity contribution in [1.29, 1.82) is 0 Å². The minimum atomic E-state index is -0.0557. The summed E-state index contributed by atoms with van der Waals surface area (Å²) in [5, 5.41) is 8.01. The molecule has 160 valence electrons. The summed E-state index contributed by atoms with van der Waals surface area (Å²) in [4.78, 5) is 32.2. The lowest BCUT2D eigenvalue weighted by molar-refractivity contribution is -0.137. The molecule has 0 saturated carbocycles. The zero-order chi connectivity index (χ0) is 21.2. The molecule has 5 rings (SSSR count). The number of aromatic amines is 1. The largest absolute Gasteiger partial charge is 0.368 e. The number of carbonyl (C=O) groups is 2. The maximum absolute atomic E-state index is 13.1. The van der Waals surface area contributed by atoms with Crippen LogP contribution in [0, 0.1) is 5.92 Å². The van der Waals surface area contributed by atoms with E-state index in [9.17, 15) is 9.59 Å². The van der Waals surface area contributed by atoms with Crippen LogP contribution in [-0.2, 0) is 4.79 Å². The van der Waals surface area contributed by atoms with Crippen LogP contribution < -0.4 is 4.90 Å². The number of benzene rings is 2. The third-order valence-electron chi connectivity index (χ3n) is 6.52. The third-order valence-corrected chi connectivity index (χ3v) is 6.52. The topological polar surface area (TPSA) is 72.5 Å². The second-order valence-corrected chi connectivity index (χ2v) is 8.33. The smallest absolute Gasteiger partial charge is 0.274 e. The molecule has 3 heterocycles. The quantitative estimate of drug-likeness (QED) is 0.711. The summed E-state index contributed by atoms with van der Waals surface area (Å²) in [6, 6.07) is 18.0. The molecule has 2 fully saturated rings. The van der Waals surface area contributed by atoms with Gasteiger partial charge < -0.3 is 14.7 Å². The van der Waals surface area contributed by atoms with Gasteiger partial charge in [0.25, 0.3) is 5.91 Å². The van der Waals surface area contributed by atoms with Gasteiger partial charge in [0, 0.05) is 56.3 Å². The minimum Gasteiger partial charge on any atom is -0.368 e. The van der Waals surface area contributed by atoms with Crippen molar-refractivity contribution in [2.24, 2.45) is 5.92 Å². The number of hydrogen-bond acceptors (Lipinski definition) is 4. The van der Waals surface area contributed by atoms with Crippen LogP contribution in [-0.4, -0.2) is 71.1 Å². The number of anilines is 1. The van der Waals surface area contributed by atoms with E-state index in [0.29, 0.717) is 31.6 Å². The Hall–Kier alpha value is -3.35. The normalized spacial score (nSPS) is 17.9. The summed E-state index contributed by atoms with van der Waals surface area (Å²) in [5.41, 5.74) is 2.55. The maximum atomic E-state index is 13.1. The Morgan fingerprint density at radius 1 is 0.806 bits per heavy atom. The first kappa shape index (κ1) is 19.6. The van der Waals surface area contributed by atoms with E-state index in [1.807, 2.05) is 52.3 Å². The Morgan fingerprint density at radius 2 is 1.48 bits per heavy atom.